The zero-order chi connectivity index (χ0) is 11.1. The summed E-state index contributed by atoms with van der Waals surface area (Å²) in [5.74, 6) is 0.169. The van der Waals surface area contributed by atoms with E-state index in [-0.39, 0.29) is 5.92 Å². The van der Waals surface area contributed by atoms with Crippen LogP contribution < -0.4 is 5.73 Å². The Morgan fingerprint density at radius 3 is 3.13 bits per heavy atom. The summed E-state index contributed by atoms with van der Waals surface area (Å²) in [6.07, 6.45) is 3.36. The highest BCUT2D eigenvalue weighted by Gasteiger charge is 2.48. The lowest BCUT2D eigenvalue weighted by Gasteiger charge is -2.35. The van der Waals surface area contributed by atoms with Crippen LogP contribution in [0.5, 0.6) is 0 Å². The fourth-order valence-corrected chi connectivity index (χ4v) is 2.18. The molecular formula is C11H15NO3. The molecule has 0 saturated carbocycles. The molecule has 1 heterocycles. The van der Waals surface area contributed by atoms with Gasteiger partial charge in [-0.05, 0) is 30.4 Å². The summed E-state index contributed by atoms with van der Waals surface area (Å²) in [4.78, 5) is 11.8. The zero-order valence-corrected chi connectivity index (χ0v) is 8.95. The van der Waals surface area contributed by atoms with E-state index >= 15 is 0 Å². The monoisotopic (exact) mass is 209 g/mol. The minimum Gasteiger partial charge on any atom is -0.467 e. The Morgan fingerprint density at radius 1 is 1.73 bits per heavy atom. The van der Waals surface area contributed by atoms with Gasteiger partial charge in [-0.3, -0.25) is 0 Å². The van der Waals surface area contributed by atoms with Crippen LogP contribution in [0.2, 0.25) is 0 Å². The second-order valence-corrected chi connectivity index (χ2v) is 4.08. The molecule has 2 atom stereocenters. The third-order valence-electron chi connectivity index (χ3n) is 3.27. The largest absolute Gasteiger partial charge is 0.467 e. The Morgan fingerprint density at radius 2 is 2.47 bits per heavy atom. The van der Waals surface area contributed by atoms with E-state index in [1.54, 1.807) is 6.26 Å². The van der Waals surface area contributed by atoms with E-state index in [0.717, 1.165) is 18.4 Å². The van der Waals surface area contributed by atoms with Crippen LogP contribution in [0.3, 0.4) is 0 Å². The van der Waals surface area contributed by atoms with Crippen LogP contribution >= 0.6 is 0 Å². The molecule has 0 aliphatic heterocycles. The van der Waals surface area contributed by atoms with Crippen LogP contribution in [0.1, 0.15) is 24.7 Å². The highest BCUT2D eigenvalue weighted by atomic mass is 16.5. The molecule has 2 rings (SSSR count). The minimum absolute atomic E-state index is 0.0311. The fraction of sp³-hybridized carbons (Fsp3) is 0.545. The maximum absolute atomic E-state index is 11.8. The Hall–Kier alpha value is -1.29. The summed E-state index contributed by atoms with van der Waals surface area (Å²) in [6.45, 7) is 1.95. The number of carbonyl (C=O) groups excluding carboxylic acids is 1. The van der Waals surface area contributed by atoms with Gasteiger partial charge in [0.25, 0.3) is 0 Å². The average Bonchev–Trinajstić information content (AvgIpc) is 2.71. The summed E-state index contributed by atoms with van der Waals surface area (Å²) in [5, 5.41) is 0. The van der Waals surface area contributed by atoms with Crippen molar-refractivity contribution in [3.05, 3.63) is 23.7 Å². The van der Waals surface area contributed by atoms with Crippen molar-refractivity contribution in [2.45, 2.75) is 25.3 Å². The molecule has 1 aliphatic carbocycles. The van der Waals surface area contributed by atoms with Gasteiger partial charge in [-0.25, -0.2) is 4.79 Å². The molecule has 0 radical (unpaired) electrons. The van der Waals surface area contributed by atoms with Crippen molar-refractivity contribution >= 4 is 5.97 Å². The van der Waals surface area contributed by atoms with E-state index in [0.29, 0.717) is 5.76 Å². The van der Waals surface area contributed by atoms with Crippen LogP contribution in [0.15, 0.2) is 16.7 Å². The average molecular weight is 209 g/mol. The number of hydrogen-bond acceptors (Lipinski definition) is 4. The number of aryl methyl sites for hydroxylation is 1. The summed E-state index contributed by atoms with van der Waals surface area (Å²) < 4.78 is 10.1. The Labute approximate surface area is 88.4 Å². The molecule has 0 spiro atoms. The van der Waals surface area contributed by atoms with Gasteiger partial charge in [-0.1, -0.05) is 6.92 Å². The standard InChI is InChI=1S/C11H15NO3/c1-7-3-4-8-5-6-15-9(8)11(7,12)10(13)14-2/h5-7H,3-4,12H2,1-2H3. The fourth-order valence-electron chi connectivity index (χ4n) is 2.18. The first-order chi connectivity index (χ1) is 7.10. The van der Waals surface area contributed by atoms with E-state index in [1.165, 1.54) is 7.11 Å². The van der Waals surface area contributed by atoms with Crippen molar-refractivity contribution in [2.75, 3.05) is 7.11 Å². The molecule has 0 saturated heterocycles. The quantitative estimate of drug-likeness (QED) is 0.705. The molecule has 1 aromatic rings. The first-order valence-electron chi connectivity index (χ1n) is 5.04. The minimum atomic E-state index is -1.12. The van der Waals surface area contributed by atoms with E-state index in [4.69, 9.17) is 14.9 Å². The second-order valence-electron chi connectivity index (χ2n) is 4.08. The summed E-state index contributed by atoms with van der Waals surface area (Å²) in [6, 6.07) is 1.87. The van der Waals surface area contributed by atoms with Crippen molar-refractivity contribution < 1.29 is 13.9 Å². The Kier molecular flexibility index (Phi) is 2.31. The van der Waals surface area contributed by atoms with E-state index in [9.17, 15) is 4.79 Å². The maximum Gasteiger partial charge on any atom is 0.334 e. The van der Waals surface area contributed by atoms with Crippen LogP contribution in [0.4, 0.5) is 0 Å². The van der Waals surface area contributed by atoms with Crippen molar-refractivity contribution in [1.29, 1.82) is 0 Å². The van der Waals surface area contributed by atoms with Crippen molar-refractivity contribution in [2.24, 2.45) is 11.7 Å². The number of nitrogens with two attached hydrogens (primary N) is 1. The van der Waals surface area contributed by atoms with Crippen molar-refractivity contribution in [3.8, 4) is 0 Å². The van der Waals surface area contributed by atoms with Gasteiger partial charge in [0.15, 0.2) is 5.54 Å². The summed E-state index contributed by atoms with van der Waals surface area (Å²) >= 11 is 0. The lowest BCUT2D eigenvalue weighted by atomic mass is 9.74. The number of methoxy groups -OCH3 is 1. The number of ether oxygens (including phenoxy) is 1. The third-order valence-corrected chi connectivity index (χ3v) is 3.27. The number of hydrogen-bond donors (Lipinski definition) is 1. The predicted octanol–water partition coefficient (Wildman–Crippen LogP) is 1.19. The predicted molar refractivity (Wildman–Crippen MR) is 54.1 cm³/mol. The third kappa shape index (κ3) is 1.28. The topological polar surface area (TPSA) is 65.5 Å². The first-order valence-corrected chi connectivity index (χ1v) is 5.04. The van der Waals surface area contributed by atoms with Gasteiger partial charge in [0.05, 0.1) is 13.4 Å². The number of esters is 1. The number of rotatable bonds is 1. The second kappa shape index (κ2) is 3.38. The van der Waals surface area contributed by atoms with Crippen molar-refractivity contribution in [3.63, 3.8) is 0 Å². The molecule has 0 amide bonds. The van der Waals surface area contributed by atoms with Gasteiger partial charge in [0.2, 0.25) is 0 Å². The number of carbonyl (C=O) groups is 1. The Bertz CT molecular complexity index is 385. The molecule has 4 nitrogen and oxygen atoms in total. The van der Waals surface area contributed by atoms with E-state index < -0.39 is 11.5 Å². The maximum atomic E-state index is 11.8. The molecule has 82 valence electrons. The smallest absolute Gasteiger partial charge is 0.334 e. The lowest BCUT2D eigenvalue weighted by Crippen LogP contribution is -2.53. The SMILES string of the molecule is COC(=O)C1(N)c2occc2CCC1C. The van der Waals surface area contributed by atoms with Gasteiger partial charge in [0, 0.05) is 0 Å². The molecule has 2 N–H and O–H groups in total. The normalized spacial score (nSPS) is 29.7. The highest BCUT2D eigenvalue weighted by molar-refractivity contribution is 5.82. The van der Waals surface area contributed by atoms with Crippen LogP contribution in [0.25, 0.3) is 0 Å². The summed E-state index contributed by atoms with van der Waals surface area (Å²) in [5.41, 5.74) is 6.04. The number of furan rings is 1. The van der Waals surface area contributed by atoms with E-state index in [2.05, 4.69) is 0 Å². The molecule has 0 aromatic carbocycles. The zero-order valence-electron chi connectivity index (χ0n) is 8.95. The molecule has 0 bridgehead atoms. The van der Waals surface area contributed by atoms with Gasteiger partial charge < -0.3 is 14.9 Å². The number of fused-ring (bicyclic) bond motifs is 1. The molecule has 0 fully saturated rings. The van der Waals surface area contributed by atoms with Gasteiger partial charge in [-0.15, -0.1) is 0 Å². The molecule has 4 heteroatoms. The van der Waals surface area contributed by atoms with Crippen molar-refractivity contribution in [1.82, 2.24) is 0 Å². The molecule has 2 unspecified atom stereocenters. The van der Waals surface area contributed by atoms with Gasteiger partial charge in [0.1, 0.15) is 5.76 Å². The molecule has 1 aliphatic rings. The Balaban J connectivity index is 2.51. The first kappa shape index (κ1) is 10.2. The lowest BCUT2D eigenvalue weighted by molar-refractivity contribution is -0.151. The van der Waals surface area contributed by atoms with E-state index in [1.807, 2.05) is 13.0 Å². The van der Waals surface area contributed by atoms with Crippen LogP contribution in [-0.2, 0) is 21.5 Å². The summed E-state index contributed by atoms with van der Waals surface area (Å²) in [7, 11) is 1.35. The van der Waals surface area contributed by atoms with Gasteiger partial charge >= 0.3 is 5.97 Å². The molecule has 15 heavy (non-hydrogen) atoms. The van der Waals surface area contributed by atoms with Crippen LogP contribution in [-0.4, -0.2) is 13.1 Å². The van der Waals surface area contributed by atoms with Gasteiger partial charge in [-0.2, -0.15) is 0 Å². The molecular weight excluding hydrogens is 194 g/mol. The van der Waals surface area contributed by atoms with Crippen LogP contribution in [0, 0.1) is 5.92 Å². The highest BCUT2D eigenvalue weighted by Crippen LogP contribution is 2.39. The molecule has 1 aromatic heterocycles.